The molecule has 172 valence electrons. The van der Waals surface area contributed by atoms with Crippen molar-refractivity contribution in [1.29, 1.82) is 0 Å². The molecule has 3 aromatic rings. The quantitative estimate of drug-likeness (QED) is 0.385. The van der Waals surface area contributed by atoms with E-state index < -0.39 is 0 Å². The summed E-state index contributed by atoms with van der Waals surface area (Å²) in [4.78, 5) is 21.0. The zero-order valence-electron chi connectivity index (χ0n) is 18.5. The van der Waals surface area contributed by atoms with Crippen LogP contribution in [0.2, 0.25) is 0 Å². The molecule has 2 heterocycles. The highest BCUT2D eigenvalue weighted by Crippen LogP contribution is 2.32. The van der Waals surface area contributed by atoms with Gasteiger partial charge in [-0.05, 0) is 43.3 Å². The largest absolute Gasteiger partial charge is 0.497 e. The summed E-state index contributed by atoms with van der Waals surface area (Å²) in [6.45, 7) is 3.75. The Labute approximate surface area is 191 Å². The molecule has 0 bridgehead atoms. The number of nitrogens with one attached hydrogen (secondary N) is 4. The Hall–Kier alpha value is -4.21. The zero-order valence-corrected chi connectivity index (χ0v) is 18.5. The Morgan fingerprint density at radius 3 is 2.52 bits per heavy atom. The van der Waals surface area contributed by atoms with Crippen molar-refractivity contribution in [2.24, 2.45) is 0 Å². The Bertz CT molecular complexity index is 1110. The molecular formula is C23H26N6O4. The molecule has 0 saturated carbocycles. The van der Waals surface area contributed by atoms with E-state index in [2.05, 4.69) is 31.2 Å². The van der Waals surface area contributed by atoms with Gasteiger partial charge in [0, 0.05) is 42.3 Å². The molecule has 33 heavy (non-hydrogen) atoms. The van der Waals surface area contributed by atoms with Crippen molar-refractivity contribution in [3.63, 3.8) is 0 Å². The Balaban J connectivity index is 1.24. The number of aromatic nitrogens is 2. The van der Waals surface area contributed by atoms with Gasteiger partial charge in [-0.25, -0.2) is 9.78 Å². The summed E-state index contributed by atoms with van der Waals surface area (Å²) in [7, 11) is 1.63. The van der Waals surface area contributed by atoms with E-state index in [1.165, 1.54) is 0 Å². The third-order valence-electron chi connectivity index (χ3n) is 4.71. The van der Waals surface area contributed by atoms with E-state index in [1.54, 1.807) is 25.3 Å². The maximum Gasteiger partial charge on any atom is 0.319 e. The lowest BCUT2D eigenvalue weighted by Gasteiger charge is -2.19. The molecule has 0 unspecified atom stereocenters. The number of nitrogens with zero attached hydrogens (tertiary/aromatic N) is 2. The molecule has 1 aliphatic rings. The summed E-state index contributed by atoms with van der Waals surface area (Å²) >= 11 is 0. The SMILES string of the molecule is COc1ccc(Nc2cc(C)nc(NCCNC(=O)Nc3ccc4c(c3)OCCO4)n2)cc1. The lowest BCUT2D eigenvalue weighted by Crippen LogP contribution is -2.32. The smallest absolute Gasteiger partial charge is 0.319 e. The van der Waals surface area contributed by atoms with Crippen LogP contribution < -0.4 is 35.5 Å². The van der Waals surface area contributed by atoms with Crippen LogP contribution in [0.3, 0.4) is 0 Å². The summed E-state index contributed by atoms with van der Waals surface area (Å²) < 4.78 is 16.2. The number of hydrogen-bond donors (Lipinski definition) is 4. The van der Waals surface area contributed by atoms with Crippen LogP contribution >= 0.6 is 0 Å². The highest BCUT2D eigenvalue weighted by Gasteiger charge is 2.12. The fourth-order valence-corrected chi connectivity index (χ4v) is 3.18. The number of carbonyl (C=O) groups is 1. The van der Waals surface area contributed by atoms with Crippen LogP contribution in [-0.2, 0) is 0 Å². The number of ether oxygens (including phenoxy) is 3. The van der Waals surface area contributed by atoms with Gasteiger partial charge in [0.05, 0.1) is 7.11 Å². The molecule has 0 atom stereocenters. The molecular weight excluding hydrogens is 424 g/mol. The van der Waals surface area contributed by atoms with Crippen LogP contribution in [0.1, 0.15) is 5.69 Å². The van der Waals surface area contributed by atoms with E-state index in [1.807, 2.05) is 37.3 Å². The first kappa shape index (κ1) is 22.0. The third-order valence-corrected chi connectivity index (χ3v) is 4.71. The van der Waals surface area contributed by atoms with Gasteiger partial charge in [0.15, 0.2) is 11.5 Å². The Morgan fingerprint density at radius 2 is 1.73 bits per heavy atom. The first-order chi connectivity index (χ1) is 16.1. The number of hydrogen-bond acceptors (Lipinski definition) is 8. The number of methoxy groups -OCH3 is 1. The molecule has 1 aromatic heterocycles. The second-order valence-electron chi connectivity index (χ2n) is 7.24. The standard InChI is InChI=1S/C23H26N6O4/c1-15-13-21(27-16-3-6-18(31-2)7-4-16)29-22(26-15)24-9-10-25-23(30)28-17-5-8-19-20(14-17)33-12-11-32-19/h3-8,13-14H,9-12H2,1-2H3,(H2,25,28,30)(H2,24,26,27,29). The molecule has 4 N–H and O–H groups in total. The maximum atomic E-state index is 12.2. The second-order valence-corrected chi connectivity index (χ2v) is 7.24. The van der Waals surface area contributed by atoms with Crippen LogP contribution in [-0.4, -0.2) is 49.4 Å². The van der Waals surface area contributed by atoms with Gasteiger partial charge in [0.25, 0.3) is 0 Å². The van der Waals surface area contributed by atoms with E-state index in [9.17, 15) is 4.79 Å². The summed E-state index contributed by atoms with van der Waals surface area (Å²) in [6, 6.07) is 14.4. The Kier molecular flexibility index (Phi) is 6.93. The molecule has 10 nitrogen and oxygen atoms in total. The number of aryl methyl sites for hydroxylation is 1. The van der Waals surface area contributed by atoms with E-state index in [4.69, 9.17) is 14.2 Å². The molecule has 2 amide bonds. The molecule has 4 rings (SSSR count). The average molecular weight is 450 g/mol. The predicted molar refractivity (Wildman–Crippen MR) is 126 cm³/mol. The van der Waals surface area contributed by atoms with Gasteiger partial charge in [-0.2, -0.15) is 4.98 Å². The molecule has 10 heteroatoms. The van der Waals surface area contributed by atoms with Gasteiger partial charge in [-0.1, -0.05) is 0 Å². The fraction of sp³-hybridized carbons (Fsp3) is 0.261. The van der Waals surface area contributed by atoms with E-state index in [0.717, 1.165) is 17.1 Å². The van der Waals surface area contributed by atoms with Crippen molar-refractivity contribution in [1.82, 2.24) is 15.3 Å². The first-order valence-corrected chi connectivity index (χ1v) is 10.5. The molecule has 0 spiro atoms. The normalized spacial score (nSPS) is 11.9. The van der Waals surface area contributed by atoms with Crippen molar-refractivity contribution in [2.75, 3.05) is 49.4 Å². The number of carbonyl (C=O) groups excluding carboxylic acids is 1. The highest BCUT2D eigenvalue weighted by atomic mass is 16.6. The molecule has 1 aliphatic heterocycles. The van der Waals surface area contributed by atoms with Crippen molar-refractivity contribution in [3.05, 3.63) is 54.2 Å². The maximum absolute atomic E-state index is 12.2. The monoisotopic (exact) mass is 450 g/mol. The minimum absolute atomic E-state index is 0.319. The molecule has 0 saturated heterocycles. The van der Waals surface area contributed by atoms with Gasteiger partial charge < -0.3 is 35.5 Å². The van der Waals surface area contributed by atoms with Crippen molar-refractivity contribution < 1.29 is 19.0 Å². The van der Waals surface area contributed by atoms with Gasteiger partial charge in [-0.15, -0.1) is 0 Å². The fourth-order valence-electron chi connectivity index (χ4n) is 3.18. The number of amides is 2. The lowest BCUT2D eigenvalue weighted by molar-refractivity contribution is 0.171. The molecule has 2 aromatic carbocycles. The minimum Gasteiger partial charge on any atom is -0.497 e. The third kappa shape index (κ3) is 6.16. The minimum atomic E-state index is -0.319. The van der Waals surface area contributed by atoms with Gasteiger partial charge in [0.2, 0.25) is 5.95 Å². The summed E-state index contributed by atoms with van der Waals surface area (Å²) in [5.74, 6) is 3.22. The van der Waals surface area contributed by atoms with Crippen molar-refractivity contribution >= 4 is 29.2 Å². The summed E-state index contributed by atoms with van der Waals surface area (Å²) in [5.41, 5.74) is 2.33. The van der Waals surface area contributed by atoms with Crippen LogP contribution in [0.4, 0.5) is 27.9 Å². The summed E-state index contributed by atoms with van der Waals surface area (Å²) in [5, 5.41) is 12.0. The van der Waals surface area contributed by atoms with Crippen LogP contribution in [0.15, 0.2) is 48.5 Å². The number of anilines is 4. The number of rotatable bonds is 8. The molecule has 0 aliphatic carbocycles. The van der Waals surface area contributed by atoms with Gasteiger partial charge in [-0.3, -0.25) is 0 Å². The highest BCUT2D eigenvalue weighted by molar-refractivity contribution is 5.89. The molecule has 0 radical (unpaired) electrons. The van der Waals surface area contributed by atoms with Crippen LogP contribution in [0.5, 0.6) is 17.2 Å². The first-order valence-electron chi connectivity index (χ1n) is 10.5. The second kappa shape index (κ2) is 10.4. The van der Waals surface area contributed by atoms with Crippen molar-refractivity contribution in [2.45, 2.75) is 6.92 Å². The number of benzene rings is 2. The zero-order chi connectivity index (χ0) is 23.0. The lowest BCUT2D eigenvalue weighted by atomic mass is 10.2. The number of urea groups is 1. The van der Waals surface area contributed by atoms with Gasteiger partial charge in [0.1, 0.15) is 24.8 Å². The van der Waals surface area contributed by atoms with E-state index in [0.29, 0.717) is 55.3 Å². The summed E-state index contributed by atoms with van der Waals surface area (Å²) in [6.07, 6.45) is 0. The van der Waals surface area contributed by atoms with Crippen molar-refractivity contribution in [3.8, 4) is 17.2 Å². The van der Waals surface area contributed by atoms with Crippen LogP contribution in [0.25, 0.3) is 0 Å². The Morgan fingerprint density at radius 1 is 0.970 bits per heavy atom. The topological polar surface area (TPSA) is 119 Å². The average Bonchev–Trinajstić information content (AvgIpc) is 2.82. The molecule has 0 fully saturated rings. The number of fused-ring (bicyclic) bond motifs is 1. The van der Waals surface area contributed by atoms with Gasteiger partial charge >= 0.3 is 6.03 Å². The van der Waals surface area contributed by atoms with E-state index in [-0.39, 0.29) is 6.03 Å². The van der Waals surface area contributed by atoms with Crippen LogP contribution in [0, 0.1) is 6.92 Å². The predicted octanol–water partition coefficient (Wildman–Crippen LogP) is 3.54. The van der Waals surface area contributed by atoms with E-state index >= 15 is 0 Å².